The number of aliphatic hydroxyl groups is 1. The highest BCUT2D eigenvalue weighted by atomic mass is 17.2. The Morgan fingerprint density at radius 1 is 0.647 bits per heavy atom. The first-order valence-corrected chi connectivity index (χ1v) is 11.3. The number of hydrogen-bond donors (Lipinski definition) is 2. The highest BCUT2D eigenvalue weighted by molar-refractivity contribution is 6.03. The molecule has 1 saturated heterocycles. The average molecular weight is 450 g/mol. The summed E-state index contributed by atoms with van der Waals surface area (Å²) in [5, 5.41) is 15.6. The molecule has 0 aromatic heterocycles. The van der Waals surface area contributed by atoms with E-state index >= 15 is 4.79 Å². The molecule has 0 spiro atoms. The molecule has 0 bridgehead atoms. The Morgan fingerprint density at radius 2 is 1.15 bits per heavy atom. The van der Waals surface area contributed by atoms with Crippen LogP contribution in [-0.4, -0.2) is 17.4 Å². The maximum atomic E-state index is 15.0. The van der Waals surface area contributed by atoms with Gasteiger partial charge >= 0.3 is 0 Å². The molecule has 6 rings (SSSR count). The number of benzene rings is 4. The number of ketones is 1. The van der Waals surface area contributed by atoms with E-state index in [1.807, 2.05) is 109 Å². The molecule has 168 valence electrons. The minimum absolute atomic E-state index is 0.133. The number of carbonyl (C=O) groups excluding carboxylic acids is 1. The fourth-order valence-corrected chi connectivity index (χ4v) is 5.34. The molecule has 5 heteroatoms. The second kappa shape index (κ2) is 7.64. The summed E-state index contributed by atoms with van der Waals surface area (Å²) < 4.78 is 0. The number of para-hydroxylation sites is 1. The molecular formula is C29H23NO4. The summed E-state index contributed by atoms with van der Waals surface area (Å²) in [5.41, 5.74) is -0.0348. The third-order valence-corrected chi connectivity index (χ3v) is 7.04. The van der Waals surface area contributed by atoms with E-state index < -0.39 is 16.8 Å². The molecule has 4 aromatic carbocycles. The molecule has 5 nitrogen and oxygen atoms in total. The lowest BCUT2D eigenvalue weighted by molar-refractivity contribution is -0.487. The molecule has 2 heterocycles. The largest absolute Gasteiger partial charge is 0.383 e. The van der Waals surface area contributed by atoms with Gasteiger partial charge in [-0.05, 0) is 22.8 Å². The third-order valence-electron chi connectivity index (χ3n) is 7.04. The quantitative estimate of drug-likeness (QED) is 0.445. The first kappa shape index (κ1) is 20.8. The number of Topliss-reactive ketones (excluding diaryl/α,β-unsaturated/α-hetero) is 1. The van der Waals surface area contributed by atoms with Gasteiger partial charge in [0.1, 0.15) is 5.41 Å². The summed E-state index contributed by atoms with van der Waals surface area (Å²) in [4.78, 5) is 27.2. The Bertz CT molecular complexity index is 1300. The fourth-order valence-electron chi connectivity index (χ4n) is 5.34. The Hall–Kier alpha value is -3.77. The van der Waals surface area contributed by atoms with Gasteiger partial charge in [-0.15, -0.1) is 0 Å². The van der Waals surface area contributed by atoms with Crippen molar-refractivity contribution in [2.24, 2.45) is 0 Å². The lowest BCUT2D eigenvalue weighted by Gasteiger charge is -2.55. The third kappa shape index (κ3) is 2.63. The van der Waals surface area contributed by atoms with Gasteiger partial charge in [-0.2, -0.15) is 4.89 Å². The SMILES string of the molecule is O=C1C(c2ccccc2)(c2ccccc2)OOC2(O)c3ccccc3NCC12c1ccccc1. The minimum Gasteiger partial charge on any atom is -0.383 e. The van der Waals surface area contributed by atoms with Crippen molar-refractivity contribution in [3.8, 4) is 0 Å². The van der Waals surface area contributed by atoms with Crippen LogP contribution in [0.2, 0.25) is 0 Å². The van der Waals surface area contributed by atoms with Crippen molar-refractivity contribution < 1.29 is 19.7 Å². The molecule has 2 N–H and O–H groups in total. The number of fused-ring (bicyclic) bond motifs is 3. The number of anilines is 1. The topological polar surface area (TPSA) is 67.8 Å². The van der Waals surface area contributed by atoms with Crippen LogP contribution in [0.15, 0.2) is 115 Å². The van der Waals surface area contributed by atoms with E-state index in [1.165, 1.54) is 0 Å². The van der Waals surface area contributed by atoms with Crippen LogP contribution >= 0.6 is 0 Å². The van der Waals surface area contributed by atoms with Crippen LogP contribution in [0.25, 0.3) is 0 Å². The van der Waals surface area contributed by atoms with Gasteiger partial charge in [-0.1, -0.05) is 109 Å². The van der Waals surface area contributed by atoms with Gasteiger partial charge in [0.25, 0.3) is 0 Å². The van der Waals surface area contributed by atoms with Crippen LogP contribution in [0.3, 0.4) is 0 Å². The number of nitrogens with one attached hydrogen (secondary N) is 1. The maximum absolute atomic E-state index is 15.0. The molecule has 2 aliphatic rings. The van der Waals surface area contributed by atoms with Gasteiger partial charge in [0.2, 0.25) is 11.4 Å². The van der Waals surface area contributed by atoms with E-state index in [4.69, 9.17) is 9.78 Å². The second-order valence-electron chi connectivity index (χ2n) is 8.72. The second-order valence-corrected chi connectivity index (χ2v) is 8.72. The van der Waals surface area contributed by atoms with Crippen LogP contribution in [0.1, 0.15) is 22.3 Å². The first-order valence-electron chi connectivity index (χ1n) is 11.3. The molecular weight excluding hydrogens is 426 g/mol. The van der Waals surface area contributed by atoms with Crippen LogP contribution in [-0.2, 0) is 31.4 Å². The summed E-state index contributed by atoms with van der Waals surface area (Å²) in [5.74, 6) is -2.35. The van der Waals surface area contributed by atoms with Gasteiger partial charge in [0.05, 0.1) is 0 Å². The molecule has 0 saturated carbocycles. The zero-order chi connectivity index (χ0) is 23.2. The predicted octanol–water partition coefficient (Wildman–Crippen LogP) is 4.67. The highest BCUT2D eigenvalue weighted by Crippen LogP contribution is 2.58. The zero-order valence-electron chi connectivity index (χ0n) is 18.3. The summed E-state index contributed by atoms with van der Waals surface area (Å²) >= 11 is 0. The van der Waals surface area contributed by atoms with Gasteiger partial charge < -0.3 is 10.4 Å². The van der Waals surface area contributed by atoms with Crippen LogP contribution < -0.4 is 5.32 Å². The van der Waals surface area contributed by atoms with Crippen molar-refractivity contribution in [2.45, 2.75) is 16.8 Å². The monoisotopic (exact) mass is 449 g/mol. The highest BCUT2D eigenvalue weighted by Gasteiger charge is 2.71. The van der Waals surface area contributed by atoms with Gasteiger partial charge in [0, 0.05) is 17.8 Å². The predicted molar refractivity (Wildman–Crippen MR) is 128 cm³/mol. The Morgan fingerprint density at radius 3 is 1.74 bits per heavy atom. The van der Waals surface area contributed by atoms with Crippen molar-refractivity contribution in [1.29, 1.82) is 0 Å². The van der Waals surface area contributed by atoms with Crippen LogP contribution in [0.4, 0.5) is 5.69 Å². The van der Waals surface area contributed by atoms with Crippen molar-refractivity contribution in [3.63, 3.8) is 0 Å². The standard InChI is InChI=1S/C29H23NO4/c31-26-27(21-12-4-1-5-13-21)20-30-25-19-11-10-18-24(25)29(27,32)34-33-28(26,22-14-6-2-7-15-22)23-16-8-3-9-17-23/h1-19,30,32H,20H2. The average Bonchev–Trinajstić information content (AvgIpc) is 2.91. The molecule has 1 fully saturated rings. The normalized spacial score (nSPS) is 25.0. The Balaban J connectivity index is 1.67. The molecule has 2 unspecified atom stereocenters. The smallest absolute Gasteiger partial charge is 0.246 e. The summed E-state index contributed by atoms with van der Waals surface area (Å²) in [7, 11) is 0. The van der Waals surface area contributed by atoms with Crippen molar-refractivity contribution >= 4 is 11.5 Å². The molecule has 0 amide bonds. The van der Waals surface area contributed by atoms with E-state index in [2.05, 4.69) is 5.32 Å². The van der Waals surface area contributed by atoms with Crippen LogP contribution in [0, 0.1) is 0 Å². The van der Waals surface area contributed by atoms with Crippen molar-refractivity contribution in [3.05, 3.63) is 138 Å². The van der Waals surface area contributed by atoms with Crippen molar-refractivity contribution in [2.75, 3.05) is 11.9 Å². The zero-order valence-corrected chi connectivity index (χ0v) is 18.3. The summed E-state index contributed by atoms with van der Waals surface area (Å²) in [6.07, 6.45) is 0. The number of carbonyl (C=O) groups is 1. The lowest BCUT2D eigenvalue weighted by Crippen LogP contribution is -2.70. The Kier molecular flexibility index (Phi) is 4.67. The Labute approximate surface area is 197 Å². The molecule has 2 atom stereocenters. The van der Waals surface area contributed by atoms with E-state index in [-0.39, 0.29) is 12.3 Å². The van der Waals surface area contributed by atoms with E-state index in [1.54, 1.807) is 6.07 Å². The van der Waals surface area contributed by atoms with E-state index in [0.717, 1.165) is 0 Å². The minimum atomic E-state index is -2.04. The summed E-state index contributed by atoms with van der Waals surface area (Å²) in [6, 6.07) is 35.2. The first-order chi connectivity index (χ1) is 16.6. The molecule has 0 aliphatic carbocycles. The van der Waals surface area contributed by atoms with Crippen molar-refractivity contribution in [1.82, 2.24) is 0 Å². The van der Waals surface area contributed by atoms with E-state index in [9.17, 15) is 5.11 Å². The lowest BCUT2D eigenvalue weighted by atomic mass is 9.59. The fraction of sp³-hybridized carbons (Fsp3) is 0.138. The molecule has 34 heavy (non-hydrogen) atoms. The number of rotatable bonds is 3. The van der Waals surface area contributed by atoms with Gasteiger partial charge in [-0.3, -0.25) is 4.79 Å². The maximum Gasteiger partial charge on any atom is 0.246 e. The van der Waals surface area contributed by atoms with E-state index in [0.29, 0.717) is 27.9 Å². The molecule has 2 aliphatic heterocycles. The van der Waals surface area contributed by atoms with Crippen LogP contribution in [0.5, 0.6) is 0 Å². The molecule has 0 radical (unpaired) electrons. The van der Waals surface area contributed by atoms with Gasteiger partial charge in [-0.25, -0.2) is 4.89 Å². The number of hydrogen-bond acceptors (Lipinski definition) is 5. The van der Waals surface area contributed by atoms with Gasteiger partial charge in [0.15, 0.2) is 5.78 Å². The summed E-state index contributed by atoms with van der Waals surface area (Å²) in [6.45, 7) is 0.133. The molecule has 4 aromatic rings.